The van der Waals surface area contributed by atoms with Gasteiger partial charge in [-0.25, -0.2) is 0 Å². The topological polar surface area (TPSA) is 44.8 Å². The van der Waals surface area contributed by atoms with E-state index in [0.29, 0.717) is 23.7 Å². The molecule has 118 valence electrons. The Labute approximate surface area is 134 Å². The van der Waals surface area contributed by atoms with Gasteiger partial charge in [-0.15, -0.1) is 0 Å². The molecule has 1 atom stereocenters. The molecule has 1 unspecified atom stereocenters. The van der Waals surface area contributed by atoms with Gasteiger partial charge in [-0.2, -0.15) is 0 Å². The molecule has 0 bridgehead atoms. The highest BCUT2D eigenvalue weighted by Gasteiger charge is 2.29. The number of ether oxygens (including phenoxy) is 3. The maximum atomic E-state index is 12.3. The molecule has 1 aromatic rings. The highest BCUT2D eigenvalue weighted by molar-refractivity contribution is 9.10. The summed E-state index contributed by atoms with van der Waals surface area (Å²) in [6.45, 7) is 5.74. The van der Waals surface area contributed by atoms with E-state index in [1.54, 1.807) is 27.4 Å². The molecule has 0 N–H and O–H groups in total. The van der Waals surface area contributed by atoms with Gasteiger partial charge in [0.15, 0.2) is 17.3 Å². The minimum absolute atomic E-state index is 0.152. The van der Waals surface area contributed by atoms with Gasteiger partial charge in [-0.1, -0.05) is 36.7 Å². The lowest BCUT2D eigenvalue weighted by Gasteiger charge is -2.22. The number of hydrogen-bond donors (Lipinski definition) is 0. The summed E-state index contributed by atoms with van der Waals surface area (Å²) in [6, 6.07) is 3.62. The van der Waals surface area contributed by atoms with Crippen molar-refractivity contribution in [2.24, 2.45) is 5.41 Å². The molecule has 0 fully saturated rings. The molecule has 0 saturated carbocycles. The van der Waals surface area contributed by atoms with E-state index in [0.717, 1.165) is 5.56 Å². The maximum absolute atomic E-state index is 12.3. The molecule has 0 amide bonds. The Kier molecular flexibility index (Phi) is 6.08. The highest BCUT2D eigenvalue weighted by Crippen LogP contribution is 2.36. The van der Waals surface area contributed by atoms with Crippen molar-refractivity contribution in [3.05, 3.63) is 17.7 Å². The van der Waals surface area contributed by atoms with Gasteiger partial charge < -0.3 is 14.2 Å². The third kappa shape index (κ3) is 4.37. The van der Waals surface area contributed by atoms with Crippen LogP contribution in [0.25, 0.3) is 0 Å². The molecule has 0 aliphatic carbocycles. The Morgan fingerprint density at radius 3 is 1.95 bits per heavy atom. The van der Waals surface area contributed by atoms with E-state index in [-0.39, 0.29) is 10.6 Å². The first-order valence-corrected chi connectivity index (χ1v) is 7.63. The number of hydrogen-bond acceptors (Lipinski definition) is 4. The average molecular weight is 359 g/mol. The van der Waals surface area contributed by atoms with Crippen molar-refractivity contribution in [2.75, 3.05) is 21.3 Å². The SMILES string of the molecule is COc1cc(OC)c(OC)cc1CC(Br)C(=O)C(C)(C)C. The quantitative estimate of drug-likeness (QED) is 0.728. The summed E-state index contributed by atoms with van der Waals surface area (Å²) in [7, 11) is 4.76. The molecule has 5 heteroatoms. The molecule has 4 nitrogen and oxygen atoms in total. The van der Waals surface area contributed by atoms with Crippen molar-refractivity contribution in [1.82, 2.24) is 0 Å². The third-order valence-corrected chi connectivity index (χ3v) is 3.95. The molecule has 0 heterocycles. The standard InChI is InChI=1S/C16H23BrO4/c1-16(2,3)15(18)11(17)7-10-8-13(20-5)14(21-6)9-12(10)19-4/h8-9,11H,7H2,1-6H3. The summed E-state index contributed by atoms with van der Waals surface area (Å²) in [5, 5.41) is 0. The first-order chi connectivity index (χ1) is 9.74. The molecular weight excluding hydrogens is 336 g/mol. The normalized spacial score (nSPS) is 12.7. The second kappa shape index (κ2) is 7.16. The van der Waals surface area contributed by atoms with Gasteiger partial charge in [0.05, 0.1) is 26.2 Å². The average Bonchev–Trinajstić information content (AvgIpc) is 2.44. The predicted octanol–water partition coefficient (Wildman–Crippen LogP) is 3.63. The molecule has 0 aliphatic heterocycles. The van der Waals surface area contributed by atoms with Gasteiger partial charge in [0, 0.05) is 11.5 Å². The summed E-state index contributed by atoms with van der Waals surface area (Å²) in [5.74, 6) is 2.06. The van der Waals surface area contributed by atoms with E-state index >= 15 is 0 Å². The van der Waals surface area contributed by atoms with Crippen LogP contribution in [0, 0.1) is 5.41 Å². The number of halogens is 1. The van der Waals surface area contributed by atoms with E-state index in [1.165, 1.54) is 0 Å². The zero-order valence-corrected chi connectivity index (χ0v) is 15.0. The fourth-order valence-corrected chi connectivity index (χ4v) is 3.04. The number of benzene rings is 1. The minimum Gasteiger partial charge on any atom is -0.496 e. The number of carbonyl (C=O) groups excluding carboxylic acids is 1. The highest BCUT2D eigenvalue weighted by atomic mass is 79.9. The zero-order valence-electron chi connectivity index (χ0n) is 13.5. The van der Waals surface area contributed by atoms with Crippen molar-refractivity contribution < 1.29 is 19.0 Å². The number of rotatable bonds is 6. The Bertz CT molecular complexity index is 506. The molecule has 0 aliphatic rings. The lowest BCUT2D eigenvalue weighted by Crippen LogP contribution is -2.30. The summed E-state index contributed by atoms with van der Waals surface area (Å²) < 4.78 is 15.9. The van der Waals surface area contributed by atoms with Crippen molar-refractivity contribution in [3.63, 3.8) is 0 Å². The van der Waals surface area contributed by atoms with E-state index in [2.05, 4.69) is 15.9 Å². The molecule has 0 aromatic heterocycles. The Balaban J connectivity index is 3.10. The first-order valence-electron chi connectivity index (χ1n) is 6.71. The maximum Gasteiger partial charge on any atom is 0.164 e. The molecule has 0 radical (unpaired) electrons. The van der Waals surface area contributed by atoms with Crippen molar-refractivity contribution >= 4 is 21.7 Å². The van der Waals surface area contributed by atoms with Crippen LogP contribution in [0.15, 0.2) is 12.1 Å². The van der Waals surface area contributed by atoms with Crippen LogP contribution in [0.4, 0.5) is 0 Å². The summed E-state index contributed by atoms with van der Waals surface area (Å²) in [4.78, 5) is 12.0. The van der Waals surface area contributed by atoms with E-state index in [1.807, 2.05) is 26.8 Å². The van der Waals surface area contributed by atoms with Gasteiger partial charge >= 0.3 is 0 Å². The van der Waals surface area contributed by atoms with Gasteiger partial charge in [0.1, 0.15) is 5.75 Å². The van der Waals surface area contributed by atoms with Gasteiger partial charge in [0.25, 0.3) is 0 Å². The van der Waals surface area contributed by atoms with Gasteiger partial charge in [-0.3, -0.25) is 4.79 Å². The Morgan fingerprint density at radius 1 is 1.05 bits per heavy atom. The summed E-state index contributed by atoms with van der Waals surface area (Å²) in [5.41, 5.74) is 0.507. The number of methoxy groups -OCH3 is 3. The summed E-state index contributed by atoms with van der Waals surface area (Å²) >= 11 is 3.48. The van der Waals surface area contributed by atoms with Crippen molar-refractivity contribution in [3.8, 4) is 17.2 Å². The van der Waals surface area contributed by atoms with Crippen LogP contribution in [0.2, 0.25) is 0 Å². The lowest BCUT2D eigenvalue weighted by atomic mass is 9.87. The number of carbonyl (C=O) groups is 1. The minimum atomic E-state index is -0.391. The zero-order chi connectivity index (χ0) is 16.2. The lowest BCUT2D eigenvalue weighted by molar-refractivity contribution is -0.125. The van der Waals surface area contributed by atoms with E-state index in [9.17, 15) is 4.79 Å². The van der Waals surface area contributed by atoms with Crippen LogP contribution < -0.4 is 14.2 Å². The molecule has 1 aromatic carbocycles. The Hall–Kier alpha value is -1.23. The third-order valence-electron chi connectivity index (χ3n) is 3.21. The Morgan fingerprint density at radius 2 is 1.52 bits per heavy atom. The van der Waals surface area contributed by atoms with Crippen LogP contribution in [0.3, 0.4) is 0 Å². The van der Waals surface area contributed by atoms with Crippen LogP contribution in [-0.2, 0) is 11.2 Å². The largest absolute Gasteiger partial charge is 0.496 e. The molecule has 0 saturated heterocycles. The van der Waals surface area contributed by atoms with Crippen molar-refractivity contribution in [2.45, 2.75) is 32.0 Å². The second-order valence-corrected chi connectivity index (χ2v) is 6.91. The molecule has 1 rings (SSSR count). The molecular formula is C16H23BrO4. The second-order valence-electron chi connectivity index (χ2n) is 5.80. The van der Waals surface area contributed by atoms with Crippen LogP contribution in [-0.4, -0.2) is 31.9 Å². The summed E-state index contributed by atoms with van der Waals surface area (Å²) in [6.07, 6.45) is 0.527. The van der Waals surface area contributed by atoms with Gasteiger partial charge in [-0.05, 0) is 18.1 Å². The first kappa shape index (κ1) is 17.8. The number of ketones is 1. The van der Waals surface area contributed by atoms with Crippen molar-refractivity contribution in [1.29, 1.82) is 0 Å². The monoisotopic (exact) mass is 358 g/mol. The predicted molar refractivity (Wildman–Crippen MR) is 87.0 cm³/mol. The molecule has 0 spiro atoms. The van der Waals surface area contributed by atoms with Gasteiger partial charge in [0.2, 0.25) is 0 Å². The fourth-order valence-electron chi connectivity index (χ4n) is 2.01. The number of Topliss-reactive ketones (excluding diaryl/α,β-unsaturated/α-hetero) is 1. The number of alkyl halides is 1. The molecule has 21 heavy (non-hydrogen) atoms. The van der Waals surface area contributed by atoms with E-state index < -0.39 is 5.41 Å². The van der Waals surface area contributed by atoms with Crippen LogP contribution in [0.5, 0.6) is 17.2 Å². The van der Waals surface area contributed by atoms with Crippen LogP contribution >= 0.6 is 15.9 Å². The van der Waals surface area contributed by atoms with E-state index in [4.69, 9.17) is 14.2 Å². The fraction of sp³-hybridized carbons (Fsp3) is 0.562. The van der Waals surface area contributed by atoms with Crippen LogP contribution in [0.1, 0.15) is 26.3 Å². The smallest absolute Gasteiger partial charge is 0.164 e.